The van der Waals surface area contributed by atoms with E-state index in [9.17, 15) is 9.59 Å². The van der Waals surface area contributed by atoms with Crippen LogP contribution in [0.3, 0.4) is 0 Å². The number of rotatable bonds is 7. The summed E-state index contributed by atoms with van der Waals surface area (Å²) >= 11 is 0. The van der Waals surface area contributed by atoms with Crippen LogP contribution in [0.2, 0.25) is 0 Å². The number of urea groups is 1. The van der Waals surface area contributed by atoms with Crippen LogP contribution in [-0.2, 0) is 4.79 Å². The highest BCUT2D eigenvalue weighted by Gasteiger charge is 2.06. The third-order valence-electron chi connectivity index (χ3n) is 2.69. The quantitative estimate of drug-likeness (QED) is 0.704. The lowest BCUT2D eigenvalue weighted by Crippen LogP contribution is -2.30. The lowest BCUT2D eigenvalue weighted by atomic mass is 10.0. The molecule has 0 spiro atoms. The lowest BCUT2D eigenvalue weighted by Gasteiger charge is -2.11. The summed E-state index contributed by atoms with van der Waals surface area (Å²) in [5, 5.41) is 13.9. The molecular formula is C13H19N3O3. The Hall–Kier alpha value is -2.11. The van der Waals surface area contributed by atoms with E-state index in [1.54, 1.807) is 24.5 Å². The lowest BCUT2D eigenvalue weighted by molar-refractivity contribution is -0.137. The number of carboxylic acid groups (broad SMARTS) is 1. The van der Waals surface area contributed by atoms with Gasteiger partial charge in [-0.3, -0.25) is 9.78 Å². The predicted molar refractivity (Wildman–Crippen MR) is 71.9 cm³/mol. The number of carbonyl (C=O) groups is 2. The number of pyridine rings is 1. The van der Waals surface area contributed by atoms with E-state index < -0.39 is 5.97 Å². The maximum absolute atomic E-state index is 11.5. The van der Waals surface area contributed by atoms with Gasteiger partial charge in [-0.25, -0.2) is 4.79 Å². The molecule has 0 aliphatic rings. The second-order valence-electron chi connectivity index (χ2n) is 4.45. The molecular weight excluding hydrogens is 246 g/mol. The summed E-state index contributed by atoms with van der Waals surface area (Å²) in [6, 6.07) is 3.21. The Kier molecular flexibility index (Phi) is 6.35. The van der Waals surface area contributed by atoms with Crippen molar-refractivity contribution in [1.29, 1.82) is 0 Å². The maximum atomic E-state index is 11.5. The third kappa shape index (κ3) is 7.03. The minimum Gasteiger partial charge on any atom is -0.481 e. The number of carbonyl (C=O) groups excluding carboxylic acids is 1. The molecule has 0 radical (unpaired) electrons. The van der Waals surface area contributed by atoms with Gasteiger partial charge in [-0.2, -0.15) is 0 Å². The SMILES string of the molecule is CC(CCNC(=O)Nc1cccnc1)CCC(=O)O. The van der Waals surface area contributed by atoms with Gasteiger partial charge < -0.3 is 15.7 Å². The van der Waals surface area contributed by atoms with E-state index in [4.69, 9.17) is 5.11 Å². The van der Waals surface area contributed by atoms with Crippen LogP contribution in [0.5, 0.6) is 0 Å². The van der Waals surface area contributed by atoms with E-state index in [-0.39, 0.29) is 18.4 Å². The molecule has 1 atom stereocenters. The number of hydrogen-bond acceptors (Lipinski definition) is 3. The van der Waals surface area contributed by atoms with Crippen LogP contribution in [0.15, 0.2) is 24.5 Å². The normalized spacial score (nSPS) is 11.6. The Morgan fingerprint density at radius 1 is 1.42 bits per heavy atom. The molecule has 0 aliphatic heterocycles. The van der Waals surface area contributed by atoms with Crippen LogP contribution in [-0.4, -0.2) is 28.6 Å². The van der Waals surface area contributed by atoms with Crippen molar-refractivity contribution in [3.05, 3.63) is 24.5 Å². The third-order valence-corrected chi connectivity index (χ3v) is 2.69. The molecule has 1 unspecified atom stereocenters. The zero-order valence-corrected chi connectivity index (χ0v) is 10.9. The summed E-state index contributed by atoms with van der Waals surface area (Å²) in [5.74, 6) is -0.510. The van der Waals surface area contributed by atoms with Gasteiger partial charge in [0.05, 0.1) is 11.9 Å². The number of aliphatic carboxylic acids is 1. The van der Waals surface area contributed by atoms with E-state index in [0.29, 0.717) is 18.7 Å². The number of nitrogens with one attached hydrogen (secondary N) is 2. The average molecular weight is 265 g/mol. The average Bonchev–Trinajstić information content (AvgIpc) is 2.37. The molecule has 3 N–H and O–H groups in total. The zero-order valence-electron chi connectivity index (χ0n) is 10.9. The van der Waals surface area contributed by atoms with Gasteiger partial charge in [0, 0.05) is 19.2 Å². The summed E-state index contributed by atoms with van der Waals surface area (Å²) < 4.78 is 0. The summed E-state index contributed by atoms with van der Waals surface area (Å²) in [5.41, 5.74) is 0.638. The van der Waals surface area contributed by atoms with Crippen molar-refractivity contribution in [1.82, 2.24) is 10.3 Å². The molecule has 1 aromatic heterocycles. The van der Waals surface area contributed by atoms with Crippen LogP contribution in [0.1, 0.15) is 26.2 Å². The molecule has 0 bridgehead atoms. The number of amides is 2. The monoisotopic (exact) mass is 265 g/mol. The molecule has 1 aromatic rings. The molecule has 104 valence electrons. The Bertz CT molecular complexity index is 409. The number of hydrogen-bond donors (Lipinski definition) is 3. The zero-order chi connectivity index (χ0) is 14.1. The van der Waals surface area contributed by atoms with Gasteiger partial charge >= 0.3 is 12.0 Å². The summed E-state index contributed by atoms with van der Waals surface area (Å²) in [4.78, 5) is 25.8. The number of anilines is 1. The predicted octanol–water partition coefficient (Wildman–Crippen LogP) is 2.09. The largest absolute Gasteiger partial charge is 0.481 e. The van der Waals surface area contributed by atoms with Crippen molar-refractivity contribution in [2.75, 3.05) is 11.9 Å². The first kappa shape index (κ1) is 14.9. The van der Waals surface area contributed by atoms with Gasteiger partial charge in [-0.15, -0.1) is 0 Å². The summed E-state index contributed by atoms with van der Waals surface area (Å²) in [7, 11) is 0. The van der Waals surface area contributed by atoms with Crippen molar-refractivity contribution in [2.45, 2.75) is 26.2 Å². The summed E-state index contributed by atoms with van der Waals surface area (Å²) in [6.45, 7) is 2.50. The molecule has 0 saturated carbocycles. The fourth-order valence-corrected chi connectivity index (χ4v) is 1.56. The van der Waals surface area contributed by atoms with Crippen LogP contribution < -0.4 is 10.6 Å². The van der Waals surface area contributed by atoms with Crippen LogP contribution in [0, 0.1) is 5.92 Å². The van der Waals surface area contributed by atoms with Gasteiger partial charge in [0.1, 0.15) is 0 Å². The first-order chi connectivity index (χ1) is 9.08. The van der Waals surface area contributed by atoms with E-state index in [2.05, 4.69) is 15.6 Å². The fourth-order valence-electron chi connectivity index (χ4n) is 1.56. The summed E-state index contributed by atoms with van der Waals surface area (Å²) in [6.07, 6.45) is 4.75. The molecule has 2 amide bonds. The molecule has 6 nitrogen and oxygen atoms in total. The Balaban J connectivity index is 2.15. The van der Waals surface area contributed by atoms with E-state index in [0.717, 1.165) is 6.42 Å². The maximum Gasteiger partial charge on any atom is 0.319 e. The van der Waals surface area contributed by atoms with Crippen molar-refractivity contribution >= 4 is 17.7 Å². The first-order valence-corrected chi connectivity index (χ1v) is 6.24. The number of nitrogens with zero attached hydrogens (tertiary/aromatic N) is 1. The second-order valence-corrected chi connectivity index (χ2v) is 4.45. The van der Waals surface area contributed by atoms with Crippen LogP contribution in [0.4, 0.5) is 10.5 Å². The second kappa shape index (κ2) is 8.07. The van der Waals surface area contributed by atoms with Crippen molar-refractivity contribution in [2.24, 2.45) is 5.92 Å². The number of aromatic nitrogens is 1. The van der Waals surface area contributed by atoms with Crippen molar-refractivity contribution in [3.63, 3.8) is 0 Å². The standard InChI is InChI=1S/C13H19N3O3/c1-10(4-5-12(17)18)6-8-15-13(19)16-11-3-2-7-14-9-11/h2-3,7,9-10H,4-6,8H2,1H3,(H,17,18)(H2,15,16,19). The fraction of sp³-hybridized carbons (Fsp3) is 0.462. The van der Waals surface area contributed by atoms with Gasteiger partial charge in [0.2, 0.25) is 0 Å². The smallest absolute Gasteiger partial charge is 0.319 e. The highest BCUT2D eigenvalue weighted by molar-refractivity contribution is 5.88. The molecule has 0 aliphatic carbocycles. The van der Waals surface area contributed by atoms with E-state index in [1.165, 1.54) is 0 Å². The Morgan fingerprint density at radius 2 is 2.21 bits per heavy atom. The minimum absolute atomic E-state index is 0.170. The molecule has 0 saturated heterocycles. The minimum atomic E-state index is -0.783. The van der Waals surface area contributed by atoms with Gasteiger partial charge in [0.25, 0.3) is 0 Å². The molecule has 0 aromatic carbocycles. The van der Waals surface area contributed by atoms with E-state index >= 15 is 0 Å². The van der Waals surface area contributed by atoms with E-state index in [1.807, 2.05) is 6.92 Å². The highest BCUT2D eigenvalue weighted by atomic mass is 16.4. The van der Waals surface area contributed by atoms with Gasteiger partial charge in [-0.1, -0.05) is 6.92 Å². The van der Waals surface area contributed by atoms with Crippen molar-refractivity contribution < 1.29 is 14.7 Å². The van der Waals surface area contributed by atoms with Gasteiger partial charge in [-0.05, 0) is 30.9 Å². The van der Waals surface area contributed by atoms with Crippen molar-refractivity contribution in [3.8, 4) is 0 Å². The highest BCUT2D eigenvalue weighted by Crippen LogP contribution is 2.09. The molecule has 0 fully saturated rings. The Labute approximate surface area is 112 Å². The topological polar surface area (TPSA) is 91.3 Å². The number of carboxylic acids is 1. The Morgan fingerprint density at radius 3 is 2.84 bits per heavy atom. The molecule has 6 heteroatoms. The van der Waals surface area contributed by atoms with Crippen LogP contribution >= 0.6 is 0 Å². The van der Waals surface area contributed by atoms with Gasteiger partial charge in [0.15, 0.2) is 0 Å². The van der Waals surface area contributed by atoms with Crippen LogP contribution in [0.25, 0.3) is 0 Å². The molecule has 1 heterocycles. The first-order valence-electron chi connectivity index (χ1n) is 6.24. The molecule has 1 rings (SSSR count). The molecule has 19 heavy (non-hydrogen) atoms.